The minimum Gasteiger partial charge on any atom is -0.494 e. The lowest BCUT2D eigenvalue weighted by atomic mass is 9.93. The zero-order valence-corrected chi connectivity index (χ0v) is 30.5. The first-order chi connectivity index (χ1) is 24.0. The van der Waals surface area contributed by atoms with Gasteiger partial charge in [0, 0.05) is 41.7 Å². The molecule has 1 aliphatic carbocycles. The van der Waals surface area contributed by atoms with Crippen LogP contribution >= 0.6 is 11.6 Å². The second-order valence-corrected chi connectivity index (χ2v) is 13.6. The van der Waals surface area contributed by atoms with E-state index in [-0.39, 0.29) is 18.2 Å². The van der Waals surface area contributed by atoms with Gasteiger partial charge in [-0.2, -0.15) is 5.10 Å². The summed E-state index contributed by atoms with van der Waals surface area (Å²) in [7, 11) is 1.96. The molecule has 7 nitrogen and oxygen atoms in total. The maximum Gasteiger partial charge on any atom is 0.248 e. The SMILES string of the molecule is Cc1cc(OCCCC2=C(C(=O)NCc3cc(C(=O)CCc4ccccc4)c(C)o3)Cc3c2cccc3-c2c(C)nn(C)c2C)cc(C)c1Cl. The highest BCUT2D eigenvalue weighted by Crippen LogP contribution is 2.42. The van der Waals surface area contributed by atoms with Gasteiger partial charge in [0.05, 0.1) is 24.4 Å². The Labute approximate surface area is 299 Å². The van der Waals surface area contributed by atoms with E-state index in [1.54, 1.807) is 13.0 Å². The largest absolute Gasteiger partial charge is 0.494 e. The van der Waals surface area contributed by atoms with Crippen molar-refractivity contribution in [2.75, 3.05) is 6.61 Å². The Balaban J connectivity index is 1.20. The lowest BCUT2D eigenvalue weighted by molar-refractivity contribution is -0.117. The van der Waals surface area contributed by atoms with E-state index in [9.17, 15) is 9.59 Å². The number of amides is 1. The number of nitrogens with one attached hydrogen (secondary N) is 1. The summed E-state index contributed by atoms with van der Waals surface area (Å²) in [5, 5.41) is 8.53. The van der Waals surface area contributed by atoms with Gasteiger partial charge in [-0.1, -0.05) is 60.1 Å². The van der Waals surface area contributed by atoms with Crippen LogP contribution < -0.4 is 10.1 Å². The number of hydrogen-bond donors (Lipinski definition) is 1. The highest BCUT2D eigenvalue weighted by molar-refractivity contribution is 6.32. The maximum atomic E-state index is 14.0. The number of benzene rings is 3. The van der Waals surface area contributed by atoms with Crippen molar-refractivity contribution in [3.63, 3.8) is 0 Å². The Morgan fingerprint density at radius 1 is 0.940 bits per heavy atom. The number of carbonyl (C=O) groups excluding carboxylic acids is 2. The number of ketones is 1. The first kappa shape index (κ1) is 35.0. The number of halogens is 1. The average Bonchev–Trinajstić information content (AvgIpc) is 3.75. The summed E-state index contributed by atoms with van der Waals surface area (Å²) in [5.74, 6) is 1.81. The number of Topliss-reactive ketones (excluding diaryl/α,β-unsaturated/α-hetero) is 1. The van der Waals surface area contributed by atoms with Crippen molar-refractivity contribution in [1.82, 2.24) is 15.1 Å². The van der Waals surface area contributed by atoms with Gasteiger partial charge in [0.2, 0.25) is 5.91 Å². The molecular formula is C42H44ClN3O4. The molecular weight excluding hydrogens is 646 g/mol. The third-order valence-corrected chi connectivity index (χ3v) is 10.3. The van der Waals surface area contributed by atoms with Crippen LogP contribution in [0.2, 0.25) is 5.02 Å². The van der Waals surface area contributed by atoms with E-state index in [4.69, 9.17) is 20.8 Å². The summed E-state index contributed by atoms with van der Waals surface area (Å²) in [5.41, 5.74) is 11.9. The van der Waals surface area contributed by atoms with E-state index in [1.807, 2.05) is 75.0 Å². The Hall–Kier alpha value is -4.88. The number of allylic oxidation sites excluding steroid dienone is 1. The van der Waals surface area contributed by atoms with Gasteiger partial charge in [0.1, 0.15) is 17.3 Å². The first-order valence-electron chi connectivity index (χ1n) is 17.2. The molecule has 258 valence electrons. The molecule has 0 radical (unpaired) electrons. The van der Waals surface area contributed by atoms with Crippen LogP contribution in [0, 0.1) is 34.6 Å². The van der Waals surface area contributed by atoms with Crippen LogP contribution in [0.1, 0.15) is 80.3 Å². The summed E-state index contributed by atoms with van der Waals surface area (Å²) in [6.45, 7) is 10.6. The lowest BCUT2D eigenvalue weighted by Crippen LogP contribution is -2.25. The smallest absolute Gasteiger partial charge is 0.248 e. The molecule has 5 aromatic rings. The van der Waals surface area contributed by atoms with Gasteiger partial charge in [0.15, 0.2) is 5.78 Å². The van der Waals surface area contributed by atoms with E-state index in [0.717, 1.165) is 78.7 Å². The molecule has 3 aromatic carbocycles. The Morgan fingerprint density at radius 3 is 2.36 bits per heavy atom. The van der Waals surface area contributed by atoms with E-state index in [1.165, 1.54) is 0 Å². The van der Waals surface area contributed by atoms with Crippen LogP contribution in [-0.2, 0) is 31.2 Å². The van der Waals surface area contributed by atoms with E-state index >= 15 is 0 Å². The fourth-order valence-corrected chi connectivity index (χ4v) is 7.16. The van der Waals surface area contributed by atoms with Crippen molar-refractivity contribution in [2.24, 2.45) is 7.05 Å². The van der Waals surface area contributed by atoms with Crippen molar-refractivity contribution in [1.29, 1.82) is 0 Å². The van der Waals surface area contributed by atoms with Crippen molar-refractivity contribution in [3.8, 4) is 16.9 Å². The number of carbonyl (C=O) groups is 2. The highest BCUT2D eigenvalue weighted by Gasteiger charge is 2.29. The van der Waals surface area contributed by atoms with E-state index in [0.29, 0.717) is 49.4 Å². The number of ether oxygens (including phenoxy) is 1. The molecule has 2 aromatic heterocycles. The Morgan fingerprint density at radius 2 is 1.66 bits per heavy atom. The minimum atomic E-state index is -0.141. The van der Waals surface area contributed by atoms with Gasteiger partial charge in [0.25, 0.3) is 0 Å². The van der Waals surface area contributed by atoms with Gasteiger partial charge in [-0.15, -0.1) is 0 Å². The van der Waals surface area contributed by atoms with Crippen LogP contribution in [0.3, 0.4) is 0 Å². The van der Waals surface area contributed by atoms with Crippen molar-refractivity contribution < 1.29 is 18.7 Å². The summed E-state index contributed by atoms with van der Waals surface area (Å²) < 4.78 is 14.0. The molecule has 50 heavy (non-hydrogen) atoms. The average molecular weight is 690 g/mol. The molecule has 0 saturated heterocycles. The molecule has 1 amide bonds. The van der Waals surface area contributed by atoms with Gasteiger partial charge < -0.3 is 14.5 Å². The van der Waals surface area contributed by atoms with Crippen molar-refractivity contribution >= 4 is 28.9 Å². The number of aryl methyl sites for hydroxylation is 6. The maximum absolute atomic E-state index is 14.0. The van der Waals surface area contributed by atoms with Gasteiger partial charge in [-0.05, 0) is 111 Å². The third-order valence-electron chi connectivity index (χ3n) is 9.70. The van der Waals surface area contributed by atoms with Crippen LogP contribution in [0.5, 0.6) is 5.75 Å². The predicted molar refractivity (Wildman–Crippen MR) is 199 cm³/mol. The normalized spacial score (nSPS) is 12.4. The molecule has 0 spiro atoms. The fourth-order valence-electron chi connectivity index (χ4n) is 7.05. The van der Waals surface area contributed by atoms with Crippen molar-refractivity contribution in [2.45, 2.75) is 73.3 Å². The summed E-state index contributed by atoms with van der Waals surface area (Å²) in [6.07, 6.45) is 2.97. The number of fused-ring (bicyclic) bond motifs is 1. The minimum absolute atomic E-state index is 0.0311. The number of aromatic nitrogens is 2. The molecule has 0 fully saturated rings. The molecule has 8 heteroatoms. The summed E-state index contributed by atoms with van der Waals surface area (Å²) >= 11 is 6.36. The van der Waals surface area contributed by atoms with Crippen LogP contribution in [-0.4, -0.2) is 28.1 Å². The first-order valence-corrected chi connectivity index (χ1v) is 17.6. The number of hydrogen-bond acceptors (Lipinski definition) is 5. The van der Waals surface area contributed by atoms with Crippen molar-refractivity contribution in [3.05, 3.63) is 134 Å². The van der Waals surface area contributed by atoms with Crippen LogP contribution in [0.4, 0.5) is 0 Å². The fraction of sp³-hybridized carbons (Fsp3) is 0.310. The number of nitrogens with zero attached hydrogens (tertiary/aromatic N) is 2. The zero-order chi connectivity index (χ0) is 35.5. The Bertz CT molecular complexity index is 2080. The molecule has 1 N–H and O–H groups in total. The summed E-state index contributed by atoms with van der Waals surface area (Å²) in [4.78, 5) is 27.0. The number of furan rings is 1. The molecule has 0 bridgehead atoms. The topological polar surface area (TPSA) is 86.4 Å². The molecule has 2 heterocycles. The highest BCUT2D eigenvalue weighted by atomic mass is 35.5. The molecule has 0 unspecified atom stereocenters. The quantitative estimate of drug-likeness (QED) is 0.0984. The molecule has 0 atom stereocenters. The van der Waals surface area contributed by atoms with Crippen LogP contribution in [0.15, 0.2) is 76.7 Å². The van der Waals surface area contributed by atoms with Crippen LogP contribution in [0.25, 0.3) is 16.7 Å². The standard InChI is InChI=1S/C42H44ClN3O4/c1-25-20-31(21-26(2)41(25)43)49-19-11-16-34-33-14-10-15-35(40-27(3)45-46(6)28(40)4)37(33)23-38(34)42(48)44-24-32-22-36(29(5)50-32)39(47)18-17-30-12-8-7-9-13-30/h7-10,12-15,20-22H,11,16-19,23-24H2,1-6H3,(H,44,48). The van der Waals surface area contributed by atoms with E-state index < -0.39 is 0 Å². The summed E-state index contributed by atoms with van der Waals surface area (Å²) in [6, 6.07) is 22.0. The van der Waals surface area contributed by atoms with E-state index in [2.05, 4.69) is 35.5 Å². The number of rotatable bonds is 13. The second kappa shape index (κ2) is 14.9. The molecule has 1 aliphatic rings. The van der Waals surface area contributed by atoms with Gasteiger partial charge in [-0.3, -0.25) is 14.3 Å². The monoisotopic (exact) mass is 689 g/mol. The predicted octanol–water partition coefficient (Wildman–Crippen LogP) is 9.18. The van der Waals surface area contributed by atoms with Gasteiger partial charge >= 0.3 is 0 Å². The molecule has 6 rings (SSSR count). The molecule has 0 saturated carbocycles. The third kappa shape index (κ3) is 7.34. The zero-order valence-electron chi connectivity index (χ0n) is 29.7. The molecule has 0 aliphatic heterocycles. The lowest BCUT2D eigenvalue weighted by Gasteiger charge is -2.13. The van der Waals surface area contributed by atoms with Gasteiger partial charge in [-0.25, -0.2) is 0 Å². The second-order valence-electron chi connectivity index (χ2n) is 13.2. The Kier molecular flexibility index (Phi) is 10.4.